The Hall–Kier alpha value is -2.36. The smallest absolute Gasteiger partial charge is 0.390 e. The number of nitrogens with one attached hydrogen (secondary N) is 1. The van der Waals surface area contributed by atoms with Crippen LogP contribution in [0.1, 0.15) is 213 Å². The molecule has 0 fully saturated rings. The van der Waals surface area contributed by atoms with Crippen LogP contribution in [-0.2, 0) is 18.4 Å². The zero-order valence-electron chi connectivity index (χ0n) is 43.7. The predicted molar refractivity (Wildman–Crippen MR) is 287 cm³/mol. The van der Waals surface area contributed by atoms with Crippen molar-refractivity contribution < 1.29 is 38.0 Å². The van der Waals surface area contributed by atoms with E-state index in [0.717, 1.165) is 70.6 Å². The maximum atomic E-state index is 13.0. The second kappa shape index (κ2) is 47.3. The maximum Gasteiger partial charge on any atom is 0.472 e. The summed E-state index contributed by atoms with van der Waals surface area (Å²) in [4.78, 5) is 23.3. The summed E-state index contributed by atoms with van der Waals surface area (Å²) in [5.74, 6) is -0.274. The summed E-state index contributed by atoms with van der Waals surface area (Å²) in [5.41, 5.74) is 0. The predicted octanol–water partition coefficient (Wildman–Crippen LogP) is 15.1. The van der Waals surface area contributed by atoms with E-state index < -0.39 is 32.7 Å². The van der Waals surface area contributed by atoms with Gasteiger partial charge in [-0.15, -0.1) is 0 Å². The van der Waals surface area contributed by atoms with Gasteiger partial charge in [0, 0.05) is 6.42 Å². The van der Waals surface area contributed by atoms with Gasteiger partial charge in [0.1, 0.15) is 19.3 Å². The Kier molecular flexibility index (Phi) is 45.7. The zero-order valence-corrected chi connectivity index (χ0v) is 44.6. The fourth-order valence-electron chi connectivity index (χ4n) is 7.44. The molecule has 0 saturated carbocycles. The van der Waals surface area contributed by atoms with Crippen molar-refractivity contribution in [3.05, 3.63) is 85.1 Å². The molecule has 388 valence electrons. The molecule has 67 heavy (non-hydrogen) atoms. The van der Waals surface area contributed by atoms with E-state index in [2.05, 4.69) is 104 Å². The number of amides is 1. The number of aliphatic hydroxyl groups excluding tert-OH is 2. The fourth-order valence-corrected chi connectivity index (χ4v) is 8.18. The van der Waals surface area contributed by atoms with Crippen LogP contribution in [0.4, 0.5) is 0 Å². The van der Waals surface area contributed by atoms with Crippen LogP contribution in [0.5, 0.6) is 0 Å². The fraction of sp³-hybridized carbons (Fsp3) is 0.737. The van der Waals surface area contributed by atoms with Crippen LogP contribution in [0.25, 0.3) is 0 Å². The minimum absolute atomic E-state index is 0.0127. The second-order valence-electron chi connectivity index (χ2n) is 19.4. The van der Waals surface area contributed by atoms with Crippen molar-refractivity contribution in [3.63, 3.8) is 0 Å². The number of nitrogens with zero attached hydrogens (tertiary/aromatic N) is 1. The van der Waals surface area contributed by atoms with Gasteiger partial charge in [-0.25, -0.2) is 4.57 Å². The van der Waals surface area contributed by atoms with Gasteiger partial charge in [-0.3, -0.25) is 13.8 Å². The Morgan fingerprint density at radius 3 is 1.37 bits per heavy atom. The molecule has 0 aliphatic rings. The molecule has 9 nitrogen and oxygen atoms in total. The first-order valence-electron chi connectivity index (χ1n) is 27.0. The number of unbranched alkanes of at least 4 members (excludes halogenated alkanes) is 20. The van der Waals surface area contributed by atoms with Gasteiger partial charge in [0.25, 0.3) is 0 Å². The zero-order chi connectivity index (χ0) is 49.4. The van der Waals surface area contributed by atoms with Crippen molar-refractivity contribution in [1.82, 2.24) is 5.32 Å². The normalized spacial score (nSPS) is 15.2. The number of phosphoric acid groups is 1. The quantitative estimate of drug-likeness (QED) is 0.0207. The van der Waals surface area contributed by atoms with E-state index in [1.54, 1.807) is 0 Å². The van der Waals surface area contributed by atoms with E-state index in [1.165, 1.54) is 103 Å². The second-order valence-corrected chi connectivity index (χ2v) is 20.8. The molecule has 0 heterocycles. The number of hydrogen-bond acceptors (Lipinski definition) is 6. The molecule has 0 aliphatic heterocycles. The molecular weight excluding hydrogens is 856 g/mol. The molecule has 0 aliphatic carbocycles. The van der Waals surface area contributed by atoms with E-state index in [1.807, 2.05) is 21.1 Å². The van der Waals surface area contributed by atoms with Gasteiger partial charge in [-0.2, -0.15) is 0 Å². The van der Waals surface area contributed by atoms with E-state index in [9.17, 15) is 24.5 Å². The molecule has 0 aromatic rings. The summed E-state index contributed by atoms with van der Waals surface area (Å²) in [7, 11) is 1.41. The Balaban J connectivity index is 4.23. The monoisotopic (exact) mass is 960 g/mol. The van der Waals surface area contributed by atoms with Crippen LogP contribution in [0, 0.1) is 0 Å². The third-order valence-electron chi connectivity index (χ3n) is 11.7. The number of aliphatic hydroxyl groups is 2. The van der Waals surface area contributed by atoms with E-state index >= 15 is 0 Å². The van der Waals surface area contributed by atoms with Crippen LogP contribution in [0.2, 0.25) is 0 Å². The summed E-state index contributed by atoms with van der Waals surface area (Å²) in [6, 6.07) is -1.06. The molecule has 0 aromatic carbocycles. The molecule has 4 unspecified atom stereocenters. The highest BCUT2D eigenvalue weighted by atomic mass is 31.2. The topological polar surface area (TPSA) is 125 Å². The standard InChI is InChI=1S/C57H103N2O7P/c1-6-8-10-12-14-16-18-20-21-22-23-24-25-26-27-28-29-30-31-32-33-34-35-36-37-38-40-42-44-46-48-50-56(61)58-54(53-66-67(63,64)65-52-51-59(3,4)5)57(62)55(60)49-47-45-43-41-39-19-17-15-13-11-9-7-2/h8,10,14,16,20-21,23-24,26-27,29-30,41,43,54-55,57,60,62H,6-7,9,11-13,15,17-19,22,25,28,31-40,42,44-53H2,1-5H3,(H-,58,61,63,64)/p+1/b10-8-,16-14-,21-20-,24-23-,27-26-,30-29-,43-41+. The Morgan fingerprint density at radius 2 is 0.925 bits per heavy atom. The number of allylic oxidation sites excluding steroid dienone is 14. The summed E-state index contributed by atoms with van der Waals surface area (Å²) >= 11 is 0. The Bertz CT molecular complexity index is 1380. The molecule has 0 aromatic heterocycles. The number of carbonyl (C=O) groups excluding carboxylic acids is 1. The molecule has 0 bridgehead atoms. The molecule has 0 spiro atoms. The lowest BCUT2D eigenvalue weighted by Gasteiger charge is -2.28. The van der Waals surface area contributed by atoms with Crippen molar-refractivity contribution in [1.29, 1.82) is 0 Å². The molecule has 4 atom stereocenters. The van der Waals surface area contributed by atoms with Crippen LogP contribution < -0.4 is 5.32 Å². The largest absolute Gasteiger partial charge is 0.472 e. The molecule has 0 saturated heterocycles. The molecule has 1 amide bonds. The van der Waals surface area contributed by atoms with Gasteiger partial charge in [0.15, 0.2) is 0 Å². The van der Waals surface area contributed by atoms with E-state index in [4.69, 9.17) is 9.05 Å². The average molecular weight is 960 g/mol. The van der Waals surface area contributed by atoms with Gasteiger partial charge < -0.3 is 24.9 Å². The highest BCUT2D eigenvalue weighted by molar-refractivity contribution is 7.47. The van der Waals surface area contributed by atoms with Crippen molar-refractivity contribution in [2.24, 2.45) is 0 Å². The molecule has 0 rings (SSSR count). The minimum Gasteiger partial charge on any atom is -0.390 e. The summed E-state index contributed by atoms with van der Waals surface area (Å²) < 4.78 is 23.6. The van der Waals surface area contributed by atoms with Gasteiger partial charge in [-0.1, -0.05) is 202 Å². The van der Waals surface area contributed by atoms with Gasteiger partial charge in [0.05, 0.1) is 39.9 Å². The van der Waals surface area contributed by atoms with Crippen molar-refractivity contribution in [2.75, 3.05) is 40.9 Å². The summed E-state index contributed by atoms with van der Waals surface area (Å²) in [6.07, 6.45) is 62.4. The first-order valence-corrected chi connectivity index (χ1v) is 28.5. The lowest BCUT2D eigenvalue weighted by Crippen LogP contribution is -2.51. The Morgan fingerprint density at radius 1 is 0.537 bits per heavy atom. The highest BCUT2D eigenvalue weighted by Crippen LogP contribution is 2.43. The Labute approximate surface area is 412 Å². The van der Waals surface area contributed by atoms with Gasteiger partial charge in [0.2, 0.25) is 5.91 Å². The summed E-state index contributed by atoms with van der Waals surface area (Å²) in [5, 5.41) is 24.7. The third-order valence-corrected chi connectivity index (χ3v) is 12.7. The number of carbonyl (C=O) groups is 1. The first kappa shape index (κ1) is 64.6. The number of phosphoric ester groups is 1. The average Bonchev–Trinajstić information content (AvgIpc) is 3.29. The molecule has 10 heteroatoms. The molecule has 4 N–H and O–H groups in total. The SMILES string of the molecule is CC/C=C\C/C=C\C/C=C\C/C=C\C/C=C\C/C=C\CCCCCCCCCCCCCCC(=O)NC(COP(=O)(O)OCC[N+](C)(C)C)C(O)C(O)CCC/C=C/CCCCCCCCC. The lowest BCUT2D eigenvalue weighted by atomic mass is 10.0. The van der Waals surface area contributed by atoms with Crippen molar-refractivity contribution in [3.8, 4) is 0 Å². The van der Waals surface area contributed by atoms with Crippen molar-refractivity contribution in [2.45, 2.75) is 231 Å². The molecule has 0 radical (unpaired) electrons. The number of likely N-dealkylation sites (N-methyl/N-ethyl adjacent to an activating group) is 1. The number of hydrogen-bond donors (Lipinski definition) is 4. The van der Waals surface area contributed by atoms with Gasteiger partial charge in [-0.05, 0) is 89.9 Å². The lowest BCUT2D eigenvalue weighted by molar-refractivity contribution is -0.870. The van der Waals surface area contributed by atoms with Crippen molar-refractivity contribution >= 4 is 13.7 Å². The third kappa shape index (κ3) is 48.5. The molecular formula is C57H104N2O7P+. The van der Waals surface area contributed by atoms with E-state index in [0.29, 0.717) is 30.3 Å². The van der Waals surface area contributed by atoms with E-state index in [-0.39, 0.29) is 18.9 Å². The van der Waals surface area contributed by atoms with Gasteiger partial charge >= 0.3 is 7.82 Å². The van der Waals surface area contributed by atoms with Crippen LogP contribution >= 0.6 is 7.82 Å². The number of rotatable bonds is 48. The highest BCUT2D eigenvalue weighted by Gasteiger charge is 2.31. The maximum absolute atomic E-state index is 13.0. The van der Waals surface area contributed by atoms with Crippen LogP contribution in [-0.4, -0.2) is 84.6 Å². The van der Waals surface area contributed by atoms with Crippen LogP contribution in [0.15, 0.2) is 85.1 Å². The number of quaternary nitrogens is 1. The minimum atomic E-state index is -4.43. The summed E-state index contributed by atoms with van der Waals surface area (Å²) in [6.45, 7) is 4.45. The first-order chi connectivity index (χ1) is 32.4. The van der Waals surface area contributed by atoms with Crippen LogP contribution in [0.3, 0.4) is 0 Å².